The zero-order valence-electron chi connectivity index (χ0n) is 16.2. The third-order valence-corrected chi connectivity index (χ3v) is 5.34. The van der Waals surface area contributed by atoms with Crippen LogP contribution in [-0.4, -0.2) is 43.0 Å². The minimum absolute atomic E-state index is 0.00323. The first kappa shape index (κ1) is 19.3. The Morgan fingerprint density at radius 1 is 0.862 bits per heavy atom. The number of hydrogen-bond donors (Lipinski definition) is 0. The molecular formula is C22H20F2N2O3. The summed E-state index contributed by atoms with van der Waals surface area (Å²) in [5.41, 5.74) is 3.22. The van der Waals surface area contributed by atoms with Crippen LogP contribution in [0.5, 0.6) is 0 Å². The predicted molar refractivity (Wildman–Crippen MR) is 104 cm³/mol. The number of aryl methyl sites for hydroxylation is 2. The fourth-order valence-electron chi connectivity index (χ4n) is 3.61. The van der Waals surface area contributed by atoms with E-state index in [1.807, 2.05) is 30.9 Å². The van der Waals surface area contributed by atoms with E-state index < -0.39 is 23.4 Å². The van der Waals surface area contributed by atoms with Crippen molar-refractivity contribution in [1.29, 1.82) is 0 Å². The van der Waals surface area contributed by atoms with Crippen LogP contribution in [0.15, 0.2) is 42.1 Å². The molecule has 2 aliphatic rings. The summed E-state index contributed by atoms with van der Waals surface area (Å²) in [5, 5.41) is 0. The van der Waals surface area contributed by atoms with Crippen LogP contribution in [0.2, 0.25) is 0 Å². The molecule has 0 bridgehead atoms. The second-order valence-corrected chi connectivity index (χ2v) is 7.17. The minimum atomic E-state index is -1.12. The lowest BCUT2D eigenvalue weighted by molar-refractivity contribution is -0.121. The van der Waals surface area contributed by atoms with Gasteiger partial charge in [0.25, 0.3) is 11.8 Å². The van der Waals surface area contributed by atoms with Gasteiger partial charge in [0, 0.05) is 19.2 Å². The highest BCUT2D eigenvalue weighted by Gasteiger charge is 2.43. The summed E-state index contributed by atoms with van der Waals surface area (Å²) in [5.74, 6) is -3.25. The number of carbonyl (C=O) groups is 2. The molecule has 0 spiro atoms. The van der Waals surface area contributed by atoms with E-state index in [9.17, 15) is 18.4 Å². The van der Waals surface area contributed by atoms with Crippen molar-refractivity contribution in [2.45, 2.75) is 13.8 Å². The van der Waals surface area contributed by atoms with Crippen molar-refractivity contribution in [2.75, 3.05) is 31.2 Å². The number of benzene rings is 2. The standard InChI is InChI=1S/C22H20F2N2O3/c1-13-3-4-15(11-14(13)2)19-20(25-7-9-29-10-8-25)22(28)26(21(19)27)16-5-6-17(23)18(24)12-16/h3-6,11-12H,7-10H2,1-2H3. The molecule has 4 rings (SSSR count). The molecule has 1 fully saturated rings. The van der Waals surface area contributed by atoms with Gasteiger partial charge in [-0.25, -0.2) is 13.7 Å². The highest BCUT2D eigenvalue weighted by molar-refractivity contribution is 6.45. The van der Waals surface area contributed by atoms with Gasteiger partial charge in [-0.3, -0.25) is 9.59 Å². The lowest BCUT2D eigenvalue weighted by Gasteiger charge is -2.29. The molecule has 0 N–H and O–H groups in total. The molecule has 0 radical (unpaired) electrons. The van der Waals surface area contributed by atoms with E-state index in [0.29, 0.717) is 31.9 Å². The number of ether oxygens (including phenoxy) is 1. The average molecular weight is 398 g/mol. The number of halogens is 2. The van der Waals surface area contributed by atoms with Crippen molar-refractivity contribution in [3.63, 3.8) is 0 Å². The lowest BCUT2D eigenvalue weighted by atomic mass is 9.99. The summed E-state index contributed by atoms with van der Waals surface area (Å²) in [6, 6.07) is 8.57. The average Bonchev–Trinajstić information content (AvgIpc) is 2.97. The van der Waals surface area contributed by atoms with Gasteiger partial charge in [0.05, 0.1) is 24.5 Å². The fourth-order valence-corrected chi connectivity index (χ4v) is 3.61. The number of hydrogen-bond acceptors (Lipinski definition) is 4. The van der Waals surface area contributed by atoms with Crippen LogP contribution >= 0.6 is 0 Å². The number of amides is 2. The van der Waals surface area contributed by atoms with Crippen molar-refractivity contribution < 1.29 is 23.1 Å². The maximum Gasteiger partial charge on any atom is 0.282 e. The molecule has 0 unspecified atom stereocenters. The number of anilines is 1. The van der Waals surface area contributed by atoms with E-state index in [1.165, 1.54) is 6.07 Å². The second-order valence-electron chi connectivity index (χ2n) is 7.17. The molecule has 1 saturated heterocycles. The van der Waals surface area contributed by atoms with Gasteiger partial charge in [0.1, 0.15) is 5.70 Å². The molecule has 2 heterocycles. The van der Waals surface area contributed by atoms with Crippen LogP contribution in [0, 0.1) is 25.5 Å². The first-order valence-corrected chi connectivity index (χ1v) is 9.37. The van der Waals surface area contributed by atoms with Gasteiger partial charge in [-0.2, -0.15) is 0 Å². The van der Waals surface area contributed by atoms with Gasteiger partial charge in [-0.15, -0.1) is 0 Å². The molecule has 2 aromatic rings. The quantitative estimate of drug-likeness (QED) is 0.745. The van der Waals surface area contributed by atoms with Crippen molar-refractivity contribution >= 4 is 23.1 Å². The molecule has 0 aromatic heterocycles. The maximum absolute atomic E-state index is 13.8. The topological polar surface area (TPSA) is 49.9 Å². The molecule has 0 aliphatic carbocycles. The molecule has 2 amide bonds. The van der Waals surface area contributed by atoms with Crippen LogP contribution < -0.4 is 4.90 Å². The third kappa shape index (κ3) is 3.31. The minimum Gasteiger partial charge on any atom is -0.378 e. The van der Waals surface area contributed by atoms with Gasteiger partial charge in [-0.05, 0) is 42.7 Å². The summed E-state index contributed by atoms with van der Waals surface area (Å²) >= 11 is 0. The molecule has 7 heteroatoms. The molecule has 2 aromatic carbocycles. The Balaban J connectivity index is 1.85. The van der Waals surface area contributed by atoms with E-state index >= 15 is 0 Å². The van der Waals surface area contributed by atoms with Crippen LogP contribution in [0.25, 0.3) is 5.57 Å². The van der Waals surface area contributed by atoms with E-state index in [-0.39, 0.29) is 17.0 Å². The highest BCUT2D eigenvalue weighted by Crippen LogP contribution is 2.36. The Morgan fingerprint density at radius 2 is 1.59 bits per heavy atom. The van der Waals surface area contributed by atoms with Crippen molar-refractivity contribution in [2.24, 2.45) is 0 Å². The Labute approximate surface area is 167 Å². The maximum atomic E-state index is 13.8. The Morgan fingerprint density at radius 3 is 2.24 bits per heavy atom. The molecule has 29 heavy (non-hydrogen) atoms. The first-order chi connectivity index (χ1) is 13.9. The molecule has 0 saturated carbocycles. The van der Waals surface area contributed by atoms with Crippen LogP contribution in [-0.2, 0) is 14.3 Å². The Bertz CT molecular complexity index is 1040. The smallest absolute Gasteiger partial charge is 0.282 e. The third-order valence-electron chi connectivity index (χ3n) is 5.34. The summed E-state index contributed by atoms with van der Waals surface area (Å²) < 4.78 is 32.5. The van der Waals surface area contributed by atoms with Gasteiger partial charge < -0.3 is 9.64 Å². The predicted octanol–water partition coefficient (Wildman–Crippen LogP) is 3.20. The highest BCUT2D eigenvalue weighted by atomic mass is 19.2. The summed E-state index contributed by atoms with van der Waals surface area (Å²) in [6.07, 6.45) is 0. The van der Waals surface area contributed by atoms with Crippen molar-refractivity contribution in [3.05, 3.63) is 70.4 Å². The van der Waals surface area contributed by atoms with E-state index in [0.717, 1.165) is 28.2 Å². The zero-order chi connectivity index (χ0) is 20.7. The van der Waals surface area contributed by atoms with Gasteiger partial charge >= 0.3 is 0 Å². The van der Waals surface area contributed by atoms with Crippen LogP contribution in [0.3, 0.4) is 0 Å². The number of rotatable bonds is 3. The Kier molecular flexibility index (Phi) is 4.92. The largest absolute Gasteiger partial charge is 0.378 e. The van der Waals surface area contributed by atoms with Gasteiger partial charge in [0.2, 0.25) is 0 Å². The van der Waals surface area contributed by atoms with E-state index in [4.69, 9.17) is 4.74 Å². The molecular weight excluding hydrogens is 378 g/mol. The summed E-state index contributed by atoms with van der Waals surface area (Å²) in [4.78, 5) is 29.4. The molecule has 2 aliphatic heterocycles. The van der Waals surface area contributed by atoms with Crippen molar-refractivity contribution in [3.8, 4) is 0 Å². The number of morpholine rings is 1. The monoisotopic (exact) mass is 398 g/mol. The normalized spacial score (nSPS) is 17.5. The fraction of sp³-hybridized carbons (Fsp3) is 0.273. The number of imide groups is 1. The number of carbonyl (C=O) groups excluding carboxylic acids is 2. The summed E-state index contributed by atoms with van der Waals surface area (Å²) in [6.45, 7) is 5.71. The van der Waals surface area contributed by atoms with Crippen LogP contribution in [0.4, 0.5) is 14.5 Å². The summed E-state index contributed by atoms with van der Waals surface area (Å²) in [7, 11) is 0. The molecule has 0 atom stereocenters. The SMILES string of the molecule is Cc1ccc(C2=C(N3CCOCC3)C(=O)N(c3ccc(F)c(F)c3)C2=O)cc1C. The van der Waals surface area contributed by atoms with E-state index in [2.05, 4.69) is 0 Å². The lowest BCUT2D eigenvalue weighted by Crippen LogP contribution is -2.40. The van der Waals surface area contributed by atoms with E-state index in [1.54, 1.807) is 6.07 Å². The zero-order valence-corrected chi connectivity index (χ0v) is 16.2. The van der Waals surface area contributed by atoms with Crippen LogP contribution in [0.1, 0.15) is 16.7 Å². The first-order valence-electron chi connectivity index (χ1n) is 9.37. The van der Waals surface area contributed by atoms with Gasteiger partial charge in [0.15, 0.2) is 11.6 Å². The van der Waals surface area contributed by atoms with Crippen molar-refractivity contribution in [1.82, 2.24) is 4.90 Å². The van der Waals surface area contributed by atoms with Gasteiger partial charge in [-0.1, -0.05) is 18.2 Å². The molecule has 150 valence electrons. The second kappa shape index (κ2) is 7.40. The Hall–Kier alpha value is -3.06. The molecule has 5 nitrogen and oxygen atoms in total. The number of nitrogens with zero attached hydrogens (tertiary/aromatic N) is 2.